The quantitative estimate of drug-likeness (QED) is 0.422. The van der Waals surface area contributed by atoms with Crippen LogP contribution in [0.1, 0.15) is 27.7 Å². The molecule has 0 spiro atoms. The highest BCUT2D eigenvalue weighted by molar-refractivity contribution is 14.0. The van der Waals surface area contributed by atoms with Crippen LogP contribution in [-0.4, -0.2) is 67.1 Å². The molecule has 1 atom stereocenters. The van der Waals surface area contributed by atoms with Gasteiger partial charge in [-0.2, -0.15) is 0 Å². The van der Waals surface area contributed by atoms with Gasteiger partial charge >= 0.3 is 0 Å². The zero-order valence-electron chi connectivity index (χ0n) is 12.7. The number of piperazine rings is 1. The van der Waals surface area contributed by atoms with Crippen molar-refractivity contribution in [2.45, 2.75) is 39.8 Å². The van der Waals surface area contributed by atoms with Crippen molar-refractivity contribution in [3.63, 3.8) is 0 Å². The first-order valence-corrected chi connectivity index (χ1v) is 7.05. The normalized spacial score (nSPS) is 20.2. The van der Waals surface area contributed by atoms with Crippen LogP contribution < -0.4 is 11.1 Å². The van der Waals surface area contributed by atoms with E-state index in [1.165, 1.54) is 13.1 Å². The van der Waals surface area contributed by atoms with E-state index in [4.69, 9.17) is 5.73 Å². The molecular weight excluding hydrogens is 353 g/mol. The van der Waals surface area contributed by atoms with Crippen LogP contribution in [0.4, 0.5) is 0 Å². The van der Waals surface area contributed by atoms with Crippen LogP contribution >= 0.6 is 24.0 Å². The van der Waals surface area contributed by atoms with Crippen molar-refractivity contribution in [2.75, 3.05) is 39.3 Å². The number of likely N-dealkylation sites (N-methyl/N-ethyl adjacent to an activating group) is 1. The Kier molecular flexibility index (Phi) is 9.72. The molecule has 0 aromatic heterocycles. The molecule has 0 aromatic rings. The molecule has 0 aliphatic carbocycles. The Hall–Kier alpha value is -0.0800. The van der Waals surface area contributed by atoms with Gasteiger partial charge < -0.3 is 16.0 Å². The largest absolute Gasteiger partial charge is 0.370 e. The predicted octanol–water partition coefficient (Wildman–Crippen LogP) is 0.943. The maximum atomic E-state index is 5.81. The van der Waals surface area contributed by atoms with Gasteiger partial charge in [0.1, 0.15) is 0 Å². The standard InChI is InChI=1S/C13H29N5.HI/c1-5-17-6-8-18(9-7-17)12(4)10-15-13(14)16-11(2)3;/h11-12H,5-10H2,1-4H3,(H3,14,15,16);1H. The molecule has 1 rings (SSSR count). The summed E-state index contributed by atoms with van der Waals surface area (Å²) in [6.07, 6.45) is 0. The molecule has 1 aliphatic rings. The molecule has 0 aromatic carbocycles. The topological polar surface area (TPSA) is 56.9 Å². The Morgan fingerprint density at radius 2 is 1.79 bits per heavy atom. The maximum Gasteiger partial charge on any atom is 0.188 e. The Bertz CT molecular complexity index is 262. The molecule has 0 radical (unpaired) electrons. The highest BCUT2D eigenvalue weighted by atomic mass is 127. The first kappa shape index (κ1) is 18.9. The molecule has 0 amide bonds. The number of rotatable bonds is 5. The van der Waals surface area contributed by atoms with Gasteiger partial charge in [0, 0.05) is 38.3 Å². The average Bonchev–Trinajstić information content (AvgIpc) is 2.35. The molecule has 1 fully saturated rings. The zero-order valence-corrected chi connectivity index (χ0v) is 15.1. The van der Waals surface area contributed by atoms with Crippen LogP contribution in [0, 0.1) is 0 Å². The van der Waals surface area contributed by atoms with Crippen LogP contribution in [0.15, 0.2) is 4.99 Å². The van der Waals surface area contributed by atoms with Crippen LogP contribution in [0.2, 0.25) is 0 Å². The molecule has 1 heterocycles. The SMILES string of the molecule is CCN1CCN(C(C)CN=C(N)NC(C)C)CC1.I. The van der Waals surface area contributed by atoms with Gasteiger partial charge in [-0.05, 0) is 27.3 Å². The van der Waals surface area contributed by atoms with E-state index in [-0.39, 0.29) is 24.0 Å². The lowest BCUT2D eigenvalue weighted by Gasteiger charge is -2.37. The van der Waals surface area contributed by atoms with Gasteiger partial charge in [-0.3, -0.25) is 9.89 Å². The summed E-state index contributed by atoms with van der Waals surface area (Å²) in [5, 5.41) is 3.12. The van der Waals surface area contributed by atoms with E-state index in [9.17, 15) is 0 Å². The van der Waals surface area contributed by atoms with Gasteiger partial charge in [0.15, 0.2) is 5.96 Å². The van der Waals surface area contributed by atoms with Crippen molar-refractivity contribution in [3.05, 3.63) is 0 Å². The second-order valence-corrected chi connectivity index (χ2v) is 5.34. The number of hydrogen-bond acceptors (Lipinski definition) is 3. The third-order valence-electron chi connectivity index (χ3n) is 3.44. The Morgan fingerprint density at radius 3 is 2.26 bits per heavy atom. The van der Waals surface area contributed by atoms with Crippen molar-refractivity contribution < 1.29 is 0 Å². The van der Waals surface area contributed by atoms with Gasteiger partial charge in [-0.1, -0.05) is 6.92 Å². The third-order valence-corrected chi connectivity index (χ3v) is 3.44. The highest BCUT2D eigenvalue weighted by Crippen LogP contribution is 2.06. The van der Waals surface area contributed by atoms with Crippen molar-refractivity contribution in [2.24, 2.45) is 10.7 Å². The summed E-state index contributed by atoms with van der Waals surface area (Å²) in [6.45, 7) is 15.1. The lowest BCUT2D eigenvalue weighted by molar-refractivity contribution is 0.109. The molecule has 0 bridgehead atoms. The van der Waals surface area contributed by atoms with E-state index in [1.807, 2.05) is 0 Å². The summed E-state index contributed by atoms with van der Waals surface area (Å²) in [5.41, 5.74) is 5.81. The van der Waals surface area contributed by atoms with Crippen molar-refractivity contribution >= 4 is 29.9 Å². The maximum absolute atomic E-state index is 5.81. The van der Waals surface area contributed by atoms with Crippen LogP contribution in [-0.2, 0) is 0 Å². The van der Waals surface area contributed by atoms with Crippen LogP contribution in [0.25, 0.3) is 0 Å². The van der Waals surface area contributed by atoms with Gasteiger partial charge in [-0.15, -0.1) is 24.0 Å². The van der Waals surface area contributed by atoms with Crippen molar-refractivity contribution in [1.29, 1.82) is 0 Å². The molecule has 0 saturated carbocycles. The summed E-state index contributed by atoms with van der Waals surface area (Å²) in [6, 6.07) is 0.814. The van der Waals surface area contributed by atoms with Crippen molar-refractivity contribution in [1.82, 2.24) is 15.1 Å². The van der Waals surface area contributed by atoms with E-state index in [0.29, 0.717) is 18.0 Å². The summed E-state index contributed by atoms with van der Waals surface area (Å²) in [5.74, 6) is 0.559. The van der Waals surface area contributed by atoms with Gasteiger partial charge in [-0.25, -0.2) is 0 Å². The number of nitrogens with one attached hydrogen (secondary N) is 1. The molecule has 5 nitrogen and oxygen atoms in total. The third kappa shape index (κ3) is 7.31. The highest BCUT2D eigenvalue weighted by Gasteiger charge is 2.19. The first-order chi connectivity index (χ1) is 8.52. The Balaban J connectivity index is 0.00000324. The minimum absolute atomic E-state index is 0. The lowest BCUT2D eigenvalue weighted by Crippen LogP contribution is -2.50. The fourth-order valence-corrected chi connectivity index (χ4v) is 2.21. The van der Waals surface area contributed by atoms with Gasteiger partial charge in [0.05, 0.1) is 6.54 Å². The molecule has 3 N–H and O–H groups in total. The summed E-state index contributed by atoms with van der Waals surface area (Å²) >= 11 is 0. The minimum Gasteiger partial charge on any atom is -0.370 e. The predicted molar refractivity (Wildman–Crippen MR) is 93.3 cm³/mol. The lowest BCUT2D eigenvalue weighted by atomic mass is 10.2. The number of guanidine groups is 1. The average molecular weight is 383 g/mol. The monoisotopic (exact) mass is 383 g/mol. The number of aliphatic imine (C=N–C) groups is 1. The fourth-order valence-electron chi connectivity index (χ4n) is 2.21. The summed E-state index contributed by atoms with van der Waals surface area (Å²) in [7, 11) is 0. The molecule has 1 saturated heterocycles. The second kappa shape index (κ2) is 9.77. The summed E-state index contributed by atoms with van der Waals surface area (Å²) in [4.78, 5) is 9.39. The van der Waals surface area contributed by atoms with E-state index in [1.54, 1.807) is 0 Å². The van der Waals surface area contributed by atoms with E-state index in [0.717, 1.165) is 26.2 Å². The first-order valence-electron chi connectivity index (χ1n) is 7.05. The van der Waals surface area contributed by atoms with Crippen molar-refractivity contribution in [3.8, 4) is 0 Å². The minimum atomic E-state index is 0. The molecule has 114 valence electrons. The van der Waals surface area contributed by atoms with E-state index in [2.05, 4.69) is 47.8 Å². The molecule has 1 unspecified atom stereocenters. The fraction of sp³-hybridized carbons (Fsp3) is 0.923. The molecular formula is C13H30IN5. The number of nitrogens with two attached hydrogens (primary N) is 1. The molecule has 6 heteroatoms. The van der Waals surface area contributed by atoms with Crippen LogP contribution in [0.3, 0.4) is 0 Å². The Morgan fingerprint density at radius 1 is 1.21 bits per heavy atom. The van der Waals surface area contributed by atoms with Gasteiger partial charge in [0.25, 0.3) is 0 Å². The Labute approximate surface area is 135 Å². The van der Waals surface area contributed by atoms with E-state index >= 15 is 0 Å². The summed E-state index contributed by atoms with van der Waals surface area (Å²) < 4.78 is 0. The molecule has 1 aliphatic heterocycles. The smallest absolute Gasteiger partial charge is 0.188 e. The van der Waals surface area contributed by atoms with E-state index < -0.39 is 0 Å². The number of hydrogen-bond donors (Lipinski definition) is 2. The number of halogens is 1. The molecule has 19 heavy (non-hydrogen) atoms. The van der Waals surface area contributed by atoms with Crippen LogP contribution in [0.5, 0.6) is 0 Å². The zero-order chi connectivity index (χ0) is 13.5. The van der Waals surface area contributed by atoms with Gasteiger partial charge in [0.2, 0.25) is 0 Å². The number of nitrogens with zero attached hydrogens (tertiary/aromatic N) is 3. The second-order valence-electron chi connectivity index (χ2n) is 5.34.